The van der Waals surface area contributed by atoms with Crippen LogP contribution < -0.4 is 0 Å². The summed E-state index contributed by atoms with van der Waals surface area (Å²) in [4.78, 5) is 0. The van der Waals surface area contributed by atoms with E-state index in [2.05, 4.69) is 23.4 Å². The monoisotopic (exact) mass is 156 g/mol. The fraction of sp³-hybridized carbons (Fsp3) is 0.571. The molecule has 1 aromatic rings. The van der Waals surface area contributed by atoms with E-state index in [9.17, 15) is 0 Å². The lowest BCUT2D eigenvalue weighted by Gasteiger charge is -1.94. The summed E-state index contributed by atoms with van der Waals surface area (Å²) in [6.07, 6.45) is 6.29. The number of hydrogen-bond donors (Lipinski definition) is 1. The minimum Gasteiger partial charge on any atom is -0.272 e. The van der Waals surface area contributed by atoms with Crippen molar-refractivity contribution in [2.75, 3.05) is 6.26 Å². The highest BCUT2D eigenvalue weighted by Gasteiger charge is 2.00. The number of aromatic amines is 1. The molecule has 0 spiro atoms. The predicted molar refractivity (Wildman–Crippen MR) is 44.4 cm³/mol. The molecule has 0 saturated carbocycles. The van der Waals surface area contributed by atoms with Gasteiger partial charge in [0.05, 0.1) is 11.2 Å². The first-order chi connectivity index (χ1) is 4.88. The van der Waals surface area contributed by atoms with Gasteiger partial charge in [0.25, 0.3) is 0 Å². The topological polar surface area (TPSA) is 28.7 Å². The van der Waals surface area contributed by atoms with Gasteiger partial charge in [0.1, 0.15) is 0 Å². The molecule has 1 aromatic heterocycles. The summed E-state index contributed by atoms with van der Waals surface area (Å²) < 4.78 is 0. The second-order valence-corrected chi connectivity index (χ2v) is 2.99. The van der Waals surface area contributed by atoms with Crippen LogP contribution in [0.2, 0.25) is 0 Å². The highest BCUT2D eigenvalue weighted by atomic mass is 32.2. The standard InChI is InChI=1S/C7H12N2S/c1-3-4-6-5-8-9-7(6)10-2/h5H,3-4H2,1-2H3,(H,8,9). The van der Waals surface area contributed by atoms with Gasteiger partial charge in [-0.15, -0.1) is 11.8 Å². The van der Waals surface area contributed by atoms with E-state index in [1.807, 2.05) is 6.20 Å². The summed E-state index contributed by atoms with van der Waals surface area (Å²) in [6, 6.07) is 0. The molecule has 0 aromatic carbocycles. The molecule has 1 heterocycles. The maximum Gasteiger partial charge on any atom is 0.0937 e. The van der Waals surface area contributed by atoms with Gasteiger partial charge >= 0.3 is 0 Å². The quantitative estimate of drug-likeness (QED) is 0.679. The Balaban J connectivity index is 2.70. The smallest absolute Gasteiger partial charge is 0.0937 e. The molecular weight excluding hydrogens is 144 g/mol. The molecule has 2 nitrogen and oxygen atoms in total. The van der Waals surface area contributed by atoms with Crippen molar-refractivity contribution < 1.29 is 0 Å². The lowest BCUT2D eigenvalue weighted by molar-refractivity contribution is 0.893. The molecule has 0 aliphatic rings. The SMILES string of the molecule is CCCc1cn[nH]c1SC. The lowest BCUT2D eigenvalue weighted by atomic mass is 10.2. The molecule has 0 bridgehead atoms. The van der Waals surface area contributed by atoms with E-state index >= 15 is 0 Å². The zero-order valence-electron chi connectivity index (χ0n) is 6.35. The van der Waals surface area contributed by atoms with Crippen molar-refractivity contribution in [1.82, 2.24) is 10.2 Å². The summed E-state index contributed by atoms with van der Waals surface area (Å²) in [5.74, 6) is 0. The van der Waals surface area contributed by atoms with Crippen molar-refractivity contribution in [3.63, 3.8) is 0 Å². The van der Waals surface area contributed by atoms with Crippen molar-refractivity contribution in [3.05, 3.63) is 11.8 Å². The van der Waals surface area contributed by atoms with Crippen LogP contribution in [0.25, 0.3) is 0 Å². The van der Waals surface area contributed by atoms with Crippen LogP contribution in [0, 0.1) is 0 Å². The van der Waals surface area contributed by atoms with Gasteiger partial charge in [-0.25, -0.2) is 0 Å². The van der Waals surface area contributed by atoms with Crippen LogP contribution in [0.15, 0.2) is 11.2 Å². The molecule has 0 aliphatic heterocycles. The van der Waals surface area contributed by atoms with Crippen LogP contribution >= 0.6 is 11.8 Å². The zero-order valence-corrected chi connectivity index (χ0v) is 7.16. The fourth-order valence-corrected chi connectivity index (χ4v) is 1.48. The molecule has 1 N–H and O–H groups in total. The molecule has 0 amide bonds. The van der Waals surface area contributed by atoms with Crippen molar-refractivity contribution >= 4 is 11.8 Å². The Morgan fingerprint density at radius 3 is 3.10 bits per heavy atom. The average molecular weight is 156 g/mol. The number of H-pyrrole nitrogens is 1. The molecule has 3 heteroatoms. The number of nitrogens with zero attached hydrogens (tertiary/aromatic N) is 1. The van der Waals surface area contributed by atoms with Gasteiger partial charge in [0.2, 0.25) is 0 Å². The van der Waals surface area contributed by atoms with E-state index in [0.29, 0.717) is 0 Å². The third-order valence-corrected chi connectivity index (χ3v) is 2.16. The Bertz CT molecular complexity index is 195. The summed E-state index contributed by atoms with van der Waals surface area (Å²) >= 11 is 1.72. The second-order valence-electron chi connectivity index (χ2n) is 2.18. The van der Waals surface area contributed by atoms with Gasteiger partial charge in [-0.1, -0.05) is 13.3 Å². The Labute approximate surface area is 65.4 Å². The van der Waals surface area contributed by atoms with E-state index in [4.69, 9.17) is 0 Å². The summed E-state index contributed by atoms with van der Waals surface area (Å²) in [5.41, 5.74) is 1.34. The zero-order chi connectivity index (χ0) is 7.40. The Morgan fingerprint density at radius 1 is 1.70 bits per heavy atom. The van der Waals surface area contributed by atoms with Gasteiger partial charge in [0.15, 0.2) is 0 Å². The van der Waals surface area contributed by atoms with E-state index in [1.54, 1.807) is 11.8 Å². The number of aryl methyl sites for hydroxylation is 1. The third-order valence-electron chi connectivity index (χ3n) is 1.40. The van der Waals surface area contributed by atoms with Crippen molar-refractivity contribution in [2.45, 2.75) is 24.8 Å². The van der Waals surface area contributed by atoms with Gasteiger partial charge in [-0.05, 0) is 12.7 Å². The first-order valence-electron chi connectivity index (χ1n) is 3.44. The largest absolute Gasteiger partial charge is 0.272 e. The molecule has 0 radical (unpaired) electrons. The molecule has 0 saturated heterocycles. The number of thioether (sulfide) groups is 1. The lowest BCUT2D eigenvalue weighted by Crippen LogP contribution is -1.81. The third kappa shape index (κ3) is 1.53. The normalized spacial score (nSPS) is 10.2. The summed E-state index contributed by atoms with van der Waals surface area (Å²) in [6.45, 7) is 2.18. The van der Waals surface area contributed by atoms with E-state index in [-0.39, 0.29) is 0 Å². The minimum absolute atomic E-state index is 1.13. The van der Waals surface area contributed by atoms with Crippen molar-refractivity contribution in [2.24, 2.45) is 0 Å². The summed E-state index contributed by atoms with van der Waals surface area (Å²) in [5, 5.41) is 8.13. The predicted octanol–water partition coefficient (Wildman–Crippen LogP) is 2.08. The van der Waals surface area contributed by atoms with Gasteiger partial charge in [0, 0.05) is 5.56 Å². The molecule has 1 rings (SSSR count). The van der Waals surface area contributed by atoms with E-state index in [1.165, 1.54) is 17.0 Å². The molecule has 56 valence electrons. The highest BCUT2D eigenvalue weighted by Crippen LogP contribution is 2.17. The molecule has 0 fully saturated rings. The van der Waals surface area contributed by atoms with Crippen LogP contribution in [-0.4, -0.2) is 16.5 Å². The maximum atomic E-state index is 3.97. The van der Waals surface area contributed by atoms with Crippen LogP contribution in [0.5, 0.6) is 0 Å². The van der Waals surface area contributed by atoms with Crippen LogP contribution in [0.1, 0.15) is 18.9 Å². The Kier molecular flexibility index (Phi) is 2.81. The van der Waals surface area contributed by atoms with Crippen LogP contribution in [-0.2, 0) is 6.42 Å². The van der Waals surface area contributed by atoms with Gasteiger partial charge < -0.3 is 0 Å². The molecule has 0 unspecified atom stereocenters. The Morgan fingerprint density at radius 2 is 2.50 bits per heavy atom. The van der Waals surface area contributed by atoms with Gasteiger partial charge in [-0.3, -0.25) is 5.10 Å². The first-order valence-corrected chi connectivity index (χ1v) is 4.67. The summed E-state index contributed by atoms with van der Waals surface area (Å²) in [7, 11) is 0. The molecule has 0 aliphatic carbocycles. The van der Waals surface area contributed by atoms with Crippen molar-refractivity contribution in [3.8, 4) is 0 Å². The second kappa shape index (κ2) is 3.66. The first kappa shape index (κ1) is 7.66. The molecular formula is C7H12N2S. The number of hydrogen-bond acceptors (Lipinski definition) is 2. The van der Waals surface area contributed by atoms with Crippen LogP contribution in [0.4, 0.5) is 0 Å². The number of rotatable bonds is 3. The fourth-order valence-electron chi connectivity index (χ4n) is 0.923. The number of aromatic nitrogens is 2. The minimum atomic E-state index is 1.13. The number of nitrogens with one attached hydrogen (secondary N) is 1. The van der Waals surface area contributed by atoms with Crippen molar-refractivity contribution in [1.29, 1.82) is 0 Å². The Hall–Kier alpha value is -0.440. The van der Waals surface area contributed by atoms with Crippen LogP contribution in [0.3, 0.4) is 0 Å². The van der Waals surface area contributed by atoms with E-state index < -0.39 is 0 Å². The molecule has 10 heavy (non-hydrogen) atoms. The maximum absolute atomic E-state index is 3.97. The average Bonchev–Trinajstić information content (AvgIpc) is 2.36. The highest BCUT2D eigenvalue weighted by molar-refractivity contribution is 7.98. The van der Waals surface area contributed by atoms with Gasteiger partial charge in [-0.2, -0.15) is 5.10 Å². The van der Waals surface area contributed by atoms with E-state index in [0.717, 1.165) is 6.42 Å². The molecule has 0 atom stereocenters.